The molecule has 1 heterocycles. The second-order valence-corrected chi connectivity index (χ2v) is 10.6. The minimum atomic E-state index is -4.01. The SMILES string of the molecule is CCCCc1ccc(S(=O)(=O)c2cnc(SCC(=O)NCc3ccccc3Cl)[nH]c2=O)cc1. The summed E-state index contributed by atoms with van der Waals surface area (Å²) in [7, 11) is -4.01. The molecule has 0 aliphatic carbocycles. The summed E-state index contributed by atoms with van der Waals surface area (Å²) >= 11 is 7.07. The van der Waals surface area contributed by atoms with Crippen LogP contribution in [0.15, 0.2) is 74.5 Å². The van der Waals surface area contributed by atoms with Crippen LogP contribution in [0.2, 0.25) is 5.02 Å². The highest BCUT2D eigenvalue weighted by atomic mass is 35.5. The first-order chi connectivity index (χ1) is 15.8. The molecule has 0 aliphatic heterocycles. The van der Waals surface area contributed by atoms with E-state index in [-0.39, 0.29) is 28.3 Å². The maximum Gasteiger partial charge on any atom is 0.270 e. The highest BCUT2D eigenvalue weighted by Crippen LogP contribution is 2.20. The van der Waals surface area contributed by atoms with Crippen molar-refractivity contribution < 1.29 is 13.2 Å². The lowest BCUT2D eigenvalue weighted by Gasteiger charge is -2.08. The van der Waals surface area contributed by atoms with Crippen LogP contribution in [-0.4, -0.2) is 30.0 Å². The fraction of sp³-hybridized carbons (Fsp3) is 0.261. The van der Waals surface area contributed by atoms with Gasteiger partial charge in [-0.05, 0) is 42.2 Å². The summed E-state index contributed by atoms with van der Waals surface area (Å²) in [6.45, 7) is 2.37. The van der Waals surface area contributed by atoms with E-state index in [4.69, 9.17) is 11.6 Å². The molecule has 0 atom stereocenters. The van der Waals surface area contributed by atoms with Gasteiger partial charge in [0.1, 0.15) is 0 Å². The predicted molar refractivity (Wildman–Crippen MR) is 129 cm³/mol. The van der Waals surface area contributed by atoms with Gasteiger partial charge in [-0.25, -0.2) is 13.4 Å². The number of H-pyrrole nitrogens is 1. The molecule has 0 saturated heterocycles. The van der Waals surface area contributed by atoms with E-state index in [0.29, 0.717) is 5.02 Å². The van der Waals surface area contributed by atoms with Crippen LogP contribution >= 0.6 is 23.4 Å². The molecule has 1 amide bonds. The predicted octanol–water partition coefficient (Wildman–Crippen LogP) is 4.01. The topological polar surface area (TPSA) is 109 Å². The minimum Gasteiger partial charge on any atom is -0.351 e. The van der Waals surface area contributed by atoms with Gasteiger partial charge in [-0.3, -0.25) is 9.59 Å². The number of unbranched alkanes of at least 4 members (excludes halogenated alkanes) is 1. The zero-order valence-corrected chi connectivity index (χ0v) is 20.4. The lowest BCUT2D eigenvalue weighted by Crippen LogP contribution is -2.25. The smallest absolute Gasteiger partial charge is 0.270 e. The summed E-state index contributed by atoms with van der Waals surface area (Å²) in [5.74, 6) is -0.277. The number of aromatic amines is 1. The molecule has 174 valence electrons. The highest BCUT2D eigenvalue weighted by molar-refractivity contribution is 7.99. The van der Waals surface area contributed by atoms with Gasteiger partial charge in [0, 0.05) is 11.6 Å². The van der Waals surface area contributed by atoms with Crippen molar-refractivity contribution in [1.29, 1.82) is 0 Å². The van der Waals surface area contributed by atoms with Crippen molar-refractivity contribution >= 4 is 39.1 Å². The van der Waals surface area contributed by atoms with Crippen molar-refractivity contribution in [2.45, 2.75) is 47.7 Å². The third kappa shape index (κ3) is 6.69. The Morgan fingerprint density at radius 2 is 1.88 bits per heavy atom. The van der Waals surface area contributed by atoms with Crippen LogP contribution in [0.3, 0.4) is 0 Å². The van der Waals surface area contributed by atoms with Gasteiger partial charge in [0.25, 0.3) is 5.56 Å². The number of amides is 1. The van der Waals surface area contributed by atoms with Crippen LogP contribution in [0.5, 0.6) is 0 Å². The van der Waals surface area contributed by atoms with Crippen LogP contribution in [0.25, 0.3) is 0 Å². The summed E-state index contributed by atoms with van der Waals surface area (Å²) in [5, 5.41) is 3.45. The van der Waals surface area contributed by atoms with Crippen molar-refractivity contribution in [2.24, 2.45) is 0 Å². The number of hydrogen-bond acceptors (Lipinski definition) is 6. The third-order valence-corrected chi connectivity index (χ3v) is 7.88. The van der Waals surface area contributed by atoms with Crippen molar-refractivity contribution in [3.63, 3.8) is 0 Å². The number of rotatable bonds is 10. The Kier molecular flexibility index (Phi) is 8.71. The molecule has 3 rings (SSSR count). The maximum absolute atomic E-state index is 12.9. The van der Waals surface area contributed by atoms with Gasteiger partial charge in [-0.1, -0.05) is 67.0 Å². The second kappa shape index (κ2) is 11.5. The van der Waals surface area contributed by atoms with Gasteiger partial charge >= 0.3 is 0 Å². The molecular weight excluding hydrogens is 482 g/mol. The molecule has 2 N–H and O–H groups in total. The number of hydrogen-bond donors (Lipinski definition) is 2. The number of nitrogens with one attached hydrogen (secondary N) is 2. The van der Waals surface area contributed by atoms with E-state index in [2.05, 4.69) is 22.2 Å². The Hall–Kier alpha value is -2.62. The number of halogens is 1. The zero-order chi connectivity index (χ0) is 23.8. The second-order valence-electron chi connectivity index (χ2n) is 7.29. The van der Waals surface area contributed by atoms with Crippen LogP contribution in [0, 0.1) is 0 Å². The summed E-state index contributed by atoms with van der Waals surface area (Å²) in [6.07, 6.45) is 3.97. The van der Waals surface area contributed by atoms with Crippen molar-refractivity contribution in [3.8, 4) is 0 Å². The normalized spacial score (nSPS) is 11.3. The van der Waals surface area contributed by atoms with Crippen molar-refractivity contribution in [1.82, 2.24) is 15.3 Å². The lowest BCUT2D eigenvalue weighted by molar-refractivity contribution is -0.118. The van der Waals surface area contributed by atoms with E-state index in [1.165, 1.54) is 12.1 Å². The number of carbonyl (C=O) groups excluding carboxylic acids is 1. The Morgan fingerprint density at radius 1 is 1.15 bits per heavy atom. The minimum absolute atomic E-state index is 0.00128. The molecule has 7 nitrogen and oxygen atoms in total. The Morgan fingerprint density at radius 3 is 2.55 bits per heavy atom. The van der Waals surface area contributed by atoms with E-state index in [1.807, 2.05) is 12.1 Å². The first kappa shape index (κ1) is 25.0. The fourth-order valence-electron chi connectivity index (χ4n) is 3.00. The van der Waals surface area contributed by atoms with Gasteiger partial charge < -0.3 is 10.3 Å². The molecule has 33 heavy (non-hydrogen) atoms. The summed E-state index contributed by atoms with van der Waals surface area (Å²) in [4.78, 5) is 30.6. The van der Waals surface area contributed by atoms with Crippen LogP contribution in [-0.2, 0) is 27.6 Å². The summed E-state index contributed by atoms with van der Waals surface area (Å²) in [6, 6.07) is 13.7. The molecule has 0 bridgehead atoms. The molecule has 0 radical (unpaired) electrons. The molecule has 0 fully saturated rings. The maximum atomic E-state index is 12.9. The first-order valence-electron chi connectivity index (χ1n) is 10.4. The molecule has 0 saturated carbocycles. The molecule has 2 aromatic carbocycles. The molecule has 1 aromatic heterocycles. The summed E-state index contributed by atoms with van der Waals surface area (Å²) in [5.41, 5.74) is 1.05. The highest BCUT2D eigenvalue weighted by Gasteiger charge is 2.22. The Labute approximate surface area is 201 Å². The molecule has 3 aromatic rings. The van der Waals surface area contributed by atoms with E-state index in [0.717, 1.165) is 48.3 Å². The first-order valence-corrected chi connectivity index (χ1v) is 13.2. The number of thioether (sulfide) groups is 1. The standard InChI is InChI=1S/C23H24ClN3O4S2/c1-2-3-6-16-9-11-18(12-10-16)33(30,31)20-14-26-23(27-22(20)29)32-15-21(28)25-13-17-7-4-5-8-19(17)24/h4-5,7-12,14H,2-3,6,13,15H2,1H3,(H,25,28)(H,26,27,29). The largest absolute Gasteiger partial charge is 0.351 e. The van der Waals surface area contributed by atoms with E-state index >= 15 is 0 Å². The summed E-state index contributed by atoms with van der Waals surface area (Å²) < 4.78 is 25.7. The number of sulfone groups is 1. The zero-order valence-electron chi connectivity index (χ0n) is 18.0. The van der Waals surface area contributed by atoms with Crippen LogP contribution in [0.4, 0.5) is 0 Å². The number of carbonyl (C=O) groups is 1. The average molecular weight is 506 g/mol. The number of benzene rings is 2. The Balaban J connectivity index is 1.62. The van der Waals surface area contributed by atoms with E-state index in [9.17, 15) is 18.0 Å². The third-order valence-electron chi connectivity index (χ3n) is 4.86. The monoisotopic (exact) mass is 505 g/mol. The molecule has 0 unspecified atom stereocenters. The molecule has 0 spiro atoms. The van der Waals surface area contributed by atoms with Crippen molar-refractivity contribution in [3.05, 3.63) is 81.2 Å². The van der Waals surface area contributed by atoms with E-state index < -0.39 is 20.3 Å². The molecule has 10 heteroatoms. The Bertz CT molecular complexity index is 1280. The molecule has 0 aliphatic rings. The molecular formula is C23H24ClN3O4S2. The van der Waals surface area contributed by atoms with Gasteiger partial charge in [-0.15, -0.1) is 0 Å². The van der Waals surface area contributed by atoms with Crippen LogP contribution < -0.4 is 10.9 Å². The number of nitrogens with zero attached hydrogens (tertiary/aromatic N) is 1. The van der Waals surface area contributed by atoms with Gasteiger partial charge in [0.2, 0.25) is 15.7 Å². The lowest BCUT2D eigenvalue weighted by atomic mass is 10.1. The fourth-order valence-corrected chi connectivity index (χ4v) is 5.09. The average Bonchev–Trinajstić information content (AvgIpc) is 2.81. The van der Waals surface area contributed by atoms with E-state index in [1.54, 1.807) is 24.3 Å². The van der Waals surface area contributed by atoms with Crippen LogP contribution in [0.1, 0.15) is 30.9 Å². The number of aryl methyl sites for hydroxylation is 1. The van der Waals surface area contributed by atoms with Gasteiger partial charge in [0.15, 0.2) is 10.1 Å². The van der Waals surface area contributed by atoms with Crippen molar-refractivity contribution in [2.75, 3.05) is 5.75 Å². The quantitative estimate of drug-likeness (QED) is 0.318. The van der Waals surface area contributed by atoms with Gasteiger partial charge in [-0.2, -0.15) is 0 Å². The number of aromatic nitrogens is 2. The van der Waals surface area contributed by atoms with Gasteiger partial charge in [0.05, 0.1) is 16.8 Å².